The van der Waals surface area contributed by atoms with E-state index in [1.54, 1.807) is 0 Å². The van der Waals surface area contributed by atoms with Crippen LogP contribution in [0.2, 0.25) is 0 Å². The van der Waals surface area contributed by atoms with E-state index < -0.39 is 0 Å². The monoisotopic (exact) mass is 202 g/mol. The summed E-state index contributed by atoms with van der Waals surface area (Å²) >= 11 is 0. The van der Waals surface area contributed by atoms with Crippen LogP contribution in [-0.4, -0.2) is 19.8 Å². The van der Waals surface area contributed by atoms with Crippen molar-refractivity contribution in [3.8, 4) is 0 Å². The zero-order valence-corrected chi connectivity index (χ0v) is 8.27. The number of hydrogen-bond acceptors (Lipinski definition) is 3. The Labute approximate surface area is 85.8 Å². The molecule has 0 spiro atoms. The van der Waals surface area contributed by atoms with E-state index in [0.717, 1.165) is 5.56 Å². The lowest BCUT2D eigenvalue weighted by atomic mass is 10.1. The highest BCUT2D eigenvalue weighted by atomic mass is 16.1. The van der Waals surface area contributed by atoms with Crippen molar-refractivity contribution >= 4 is 17.8 Å². The Morgan fingerprint density at radius 3 is 3.00 bits per heavy atom. The van der Waals surface area contributed by atoms with E-state index in [1.165, 1.54) is 16.9 Å². The predicted molar refractivity (Wildman–Crippen MR) is 58.4 cm³/mol. The number of nitrogens with one attached hydrogen (secondary N) is 1. The van der Waals surface area contributed by atoms with Gasteiger partial charge in [0.05, 0.1) is 5.56 Å². The Bertz CT molecular complexity index is 591. The molecule has 0 aliphatic rings. The molecule has 0 aromatic carbocycles. The first-order valence-corrected chi connectivity index (χ1v) is 4.49. The molecule has 0 bridgehead atoms. The summed E-state index contributed by atoms with van der Waals surface area (Å²) in [6.07, 6.45) is 6.63. The number of rotatable bonds is 2. The maximum absolute atomic E-state index is 11.6. The van der Waals surface area contributed by atoms with Gasteiger partial charge in [0.15, 0.2) is 5.65 Å². The molecular formula is C10H10N4O. The minimum absolute atomic E-state index is 0.203. The number of H-pyrrole nitrogens is 1. The van der Waals surface area contributed by atoms with Gasteiger partial charge in [-0.3, -0.25) is 9.89 Å². The summed E-state index contributed by atoms with van der Waals surface area (Å²) in [6.45, 7) is 5.49. The summed E-state index contributed by atoms with van der Waals surface area (Å²) in [5.41, 5.74) is 1.65. The molecule has 0 saturated heterocycles. The van der Waals surface area contributed by atoms with Gasteiger partial charge in [0.25, 0.3) is 5.56 Å². The summed E-state index contributed by atoms with van der Waals surface area (Å²) in [6, 6.07) is 0. The van der Waals surface area contributed by atoms with E-state index in [-0.39, 0.29) is 5.56 Å². The van der Waals surface area contributed by atoms with Crippen molar-refractivity contribution in [2.45, 2.75) is 6.92 Å². The Kier molecular flexibility index (Phi) is 2.21. The van der Waals surface area contributed by atoms with E-state index in [0.29, 0.717) is 11.2 Å². The second-order valence-corrected chi connectivity index (χ2v) is 3.00. The first-order chi connectivity index (χ1) is 7.27. The highest BCUT2D eigenvalue weighted by molar-refractivity contribution is 5.73. The Morgan fingerprint density at radius 1 is 1.53 bits per heavy atom. The van der Waals surface area contributed by atoms with Crippen molar-refractivity contribution in [3.05, 3.63) is 40.5 Å². The summed E-state index contributed by atoms with van der Waals surface area (Å²) in [5.74, 6) is 0. The number of nitrogens with zero attached hydrogens (tertiary/aromatic N) is 3. The molecule has 5 heteroatoms. The Hall–Kier alpha value is -2.17. The molecule has 0 radical (unpaired) electrons. The molecule has 76 valence electrons. The molecule has 0 amide bonds. The lowest BCUT2D eigenvalue weighted by molar-refractivity contribution is 0.892. The molecule has 0 atom stereocenters. The Morgan fingerprint density at radius 2 is 2.33 bits per heavy atom. The van der Waals surface area contributed by atoms with Crippen LogP contribution in [0.5, 0.6) is 0 Å². The molecule has 5 nitrogen and oxygen atoms in total. The van der Waals surface area contributed by atoms with Crippen molar-refractivity contribution in [1.29, 1.82) is 0 Å². The zero-order chi connectivity index (χ0) is 10.8. The minimum Gasteiger partial charge on any atom is -0.267 e. The third-order valence-electron chi connectivity index (χ3n) is 2.08. The molecule has 1 N–H and O–H groups in total. The fourth-order valence-corrected chi connectivity index (χ4v) is 1.45. The van der Waals surface area contributed by atoms with Gasteiger partial charge in [-0.05, 0) is 6.92 Å². The van der Waals surface area contributed by atoms with E-state index in [4.69, 9.17) is 0 Å². The van der Waals surface area contributed by atoms with Gasteiger partial charge in [0.1, 0.15) is 6.33 Å². The number of allylic oxidation sites excluding steroid dienone is 1. The average Bonchev–Trinajstić information content (AvgIpc) is 2.66. The van der Waals surface area contributed by atoms with Gasteiger partial charge in [0.2, 0.25) is 0 Å². The number of fused-ring (bicyclic) bond motifs is 1. The molecule has 0 saturated carbocycles. The van der Waals surface area contributed by atoms with Crippen molar-refractivity contribution in [2.24, 2.45) is 0 Å². The van der Waals surface area contributed by atoms with Gasteiger partial charge in [-0.15, -0.1) is 10.2 Å². The van der Waals surface area contributed by atoms with Crippen LogP contribution in [0.25, 0.3) is 17.8 Å². The topological polar surface area (TPSA) is 63.1 Å². The molecule has 2 aromatic rings. The van der Waals surface area contributed by atoms with E-state index >= 15 is 0 Å². The molecular weight excluding hydrogens is 192 g/mol. The summed E-state index contributed by atoms with van der Waals surface area (Å²) in [5, 5.41) is 10.3. The fraction of sp³-hybridized carbons (Fsp3) is 0.100. The van der Waals surface area contributed by atoms with Crippen molar-refractivity contribution in [3.63, 3.8) is 0 Å². The zero-order valence-electron chi connectivity index (χ0n) is 8.27. The van der Waals surface area contributed by atoms with Crippen LogP contribution in [0.4, 0.5) is 0 Å². The van der Waals surface area contributed by atoms with Gasteiger partial charge in [-0.25, -0.2) is 4.52 Å². The average molecular weight is 202 g/mol. The SMILES string of the molecule is C=Cc1c(/C=C\C)c2nncn2[nH]c1=O. The fourth-order valence-electron chi connectivity index (χ4n) is 1.45. The standard InChI is InChI=1S/C10H10N4O/c1-3-5-8-7(4-2)10(15)13-14-6-11-12-9(8)14/h3-6H,2H2,1H3,(H,13,15)/b5-3-. The largest absolute Gasteiger partial charge is 0.270 e. The van der Waals surface area contributed by atoms with Crippen LogP contribution in [0.15, 0.2) is 23.8 Å². The second kappa shape index (κ2) is 3.53. The number of aromatic amines is 1. The molecule has 0 fully saturated rings. The molecule has 0 aliphatic carbocycles. The molecule has 2 rings (SSSR count). The van der Waals surface area contributed by atoms with Crippen LogP contribution in [0, 0.1) is 0 Å². The lowest BCUT2D eigenvalue weighted by Crippen LogP contribution is -2.15. The highest BCUT2D eigenvalue weighted by Crippen LogP contribution is 2.12. The molecule has 0 aliphatic heterocycles. The van der Waals surface area contributed by atoms with Crippen LogP contribution in [-0.2, 0) is 0 Å². The molecule has 15 heavy (non-hydrogen) atoms. The second-order valence-electron chi connectivity index (χ2n) is 3.00. The maximum Gasteiger partial charge on any atom is 0.270 e. The van der Waals surface area contributed by atoms with Gasteiger partial charge >= 0.3 is 0 Å². The Balaban J connectivity index is 2.96. The van der Waals surface area contributed by atoms with Crippen LogP contribution < -0.4 is 5.56 Å². The number of hydrogen-bond donors (Lipinski definition) is 1. The van der Waals surface area contributed by atoms with Crippen LogP contribution >= 0.6 is 0 Å². The van der Waals surface area contributed by atoms with Crippen molar-refractivity contribution in [2.75, 3.05) is 0 Å². The third kappa shape index (κ3) is 1.38. The van der Waals surface area contributed by atoms with Gasteiger partial charge in [0, 0.05) is 5.56 Å². The first kappa shape index (κ1) is 9.39. The highest BCUT2D eigenvalue weighted by Gasteiger charge is 2.08. The maximum atomic E-state index is 11.6. The van der Waals surface area contributed by atoms with E-state index in [2.05, 4.69) is 21.9 Å². The van der Waals surface area contributed by atoms with E-state index in [9.17, 15) is 4.79 Å². The minimum atomic E-state index is -0.203. The molecule has 2 heterocycles. The van der Waals surface area contributed by atoms with Crippen molar-refractivity contribution in [1.82, 2.24) is 19.8 Å². The predicted octanol–water partition coefficient (Wildman–Crippen LogP) is 1.09. The summed E-state index contributed by atoms with van der Waals surface area (Å²) in [4.78, 5) is 11.6. The normalized spacial score (nSPS) is 11.3. The third-order valence-corrected chi connectivity index (χ3v) is 2.08. The summed E-state index contributed by atoms with van der Waals surface area (Å²) in [7, 11) is 0. The smallest absolute Gasteiger partial charge is 0.267 e. The molecule has 0 unspecified atom stereocenters. The molecule has 2 aromatic heterocycles. The summed E-state index contributed by atoms with van der Waals surface area (Å²) < 4.78 is 1.49. The van der Waals surface area contributed by atoms with Crippen molar-refractivity contribution < 1.29 is 0 Å². The van der Waals surface area contributed by atoms with Gasteiger partial charge in [-0.2, -0.15) is 0 Å². The van der Waals surface area contributed by atoms with Crippen LogP contribution in [0.1, 0.15) is 18.1 Å². The quantitative estimate of drug-likeness (QED) is 0.792. The number of aromatic nitrogens is 4. The van der Waals surface area contributed by atoms with Gasteiger partial charge in [-0.1, -0.05) is 24.8 Å². The van der Waals surface area contributed by atoms with E-state index in [1.807, 2.05) is 19.1 Å². The first-order valence-electron chi connectivity index (χ1n) is 4.49. The lowest BCUT2D eigenvalue weighted by Gasteiger charge is -2.01. The van der Waals surface area contributed by atoms with Crippen LogP contribution in [0.3, 0.4) is 0 Å². The van der Waals surface area contributed by atoms with Gasteiger partial charge < -0.3 is 0 Å².